The van der Waals surface area contributed by atoms with Gasteiger partial charge in [-0.15, -0.1) is 11.3 Å². The molecule has 1 aromatic carbocycles. The molecule has 0 aliphatic carbocycles. The molecule has 3 aromatic rings. The lowest BCUT2D eigenvalue weighted by Gasteiger charge is -2.48. The van der Waals surface area contributed by atoms with Crippen molar-refractivity contribution in [1.82, 2.24) is 29.2 Å². The van der Waals surface area contributed by atoms with Gasteiger partial charge in [-0.05, 0) is 18.2 Å². The second-order valence-corrected chi connectivity index (χ2v) is 9.29. The third kappa shape index (κ3) is 4.64. The molecule has 0 unspecified atom stereocenters. The molecule has 12 heteroatoms. The number of hydrogen-bond acceptors (Lipinski definition) is 6. The average Bonchev–Trinajstić information content (AvgIpc) is 3.46. The molecule has 34 heavy (non-hydrogen) atoms. The summed E-state index contributed by atoms with van der Waals surface area (Å²) in [5, 5.41) is 1.76. The SMILES string of the molecule is O=C(c1ccc2c(c1)ncn2CCC(F)(F)F)N1CC(N2CCN(C(=O)c3cscn3)CC2)C1. The molecular formula is C22H23F3N6O2S. The van der Waals surface area contributed by atoms with Crippen LogP contribution in [0.4, 0.5) is 13.2 Å². The van der Waals surface area contributed by atoms with E-state index in [4.69, 9.17) is 0 Å². The van der Waals surface area contributed by atoms with E-state index in [0.29, 0.717) is 48.5 Å². The molecule has 0 bridgehead atoms. The molecule has 4 heterocycles. The number of nitrogens with zero attached hydrogens (tertiary/aromatic N) is 6. The highest BCUT2D eigenvalue weighted by Gasteiger charge is 2.37. The first-order chi connectivity index (χ1) is 16.3. The molecule has 2 amide bonds. The lowest BCUT2D eigenvalue weighted by molar-refractivity contribution is -0.136. The van der Waals surface area contributed by atoms with Crippen LogP contribution < -0.4 is 0 Å². The number of alkyl halides is 3. The summed E-state index contributed by atoms with van der Waals surface area (Å²) >= 11 is 1.40. The van der Waals surface area contributed by atoms with Crippen LogP contribution >= 0.6 is 11.3 Å². The highest BCUT2D eigenvalue weighted by atomic mass is 32.1. The van der Waals surface area contributed by atoms with Crippen LogP contribution in [0, 0.1) is 0 Å². The summed E-state index contributed by atoms with van der Waals surface area (Å²) in [6.45, 7) is 3.79. The van der Waals surface area contributed by atoms with Gasteiger partial charge in [0.25, 0.3) is 11.8 Å². The number of carbonyl (C=O) groups excluding carboxylic acids is 2. The van der Waals surface area contributed by atoms with Crippen LogP contribution in [-0.4, -0.2) is 92.5 Å². The molecule has 2 fully saturated rings. The molecule has 8 nitrogen and oxygen atoms in total. The lowest BCUT2D eigenvalue weighted by Crippen LogP contribution is -2.64. The summed E-state index contributed by atoms with van der Waals surface area (Å²) in [7, 11) is 0. The smallest absolute Gasteiger partial charge is 0.335 e. The minimum atomic E-state index is -4.23. The first kappa shape index (κ1) is 22.8. The summed E-state index contributed by atoms with van der Waals surface area (Å²) in [4.78, 5) is 39.5. The number of aromatic nitrogens is 3. The van der Waals surface area contributed by atoms with Crippen LogP contribution in [0.5, 0.6) is 0 Å². The van der Waals surface area contributed by atoms with Crippen LogP contribution in [0.25, 0.3) is 11.0 Å². The fourth-order valence-corrected chi connectivity index (χ4v) is 4.95. The Morgan fingerprint density at radius 2 is 1.79 bits per heavy atom. The maximum atomic E-state index is 12.9. The number of imidazole rings is 1. The largest absolute Gasteiger partial charge is 0.390 e. The predicted octanol–water partition coefficient (Wildman–Crippen LogP) is 2.73. The number of likely N-dealkylation sites (tertiary alicyclic amines) is 1. The number of hydrogen-bond donors (Lipinski definition) is 0. The molecule has 2 saturated heterocycles. The molecule has 2 aliphatic heterocycles. The van der Waals surface area contributed by atoms with Crippen molar-refractivity contribution in [3.8, 4) is 0 Å². The van der Waals surface area contributed by atoms with E-state index in [2.05, 4.69) is 14.9 Å². The summed E-state index contributed by atoms with van der Waals surface area (Å²) in [6, 6.07) is 5.19. The van der Waals surface area contributed by atoms with Gasteiger partial charge in [0, 0.05) is 62.8 Å². The van der Waals surface area contributed by atoms with Gasteiger partial charge in [0.2, 0.25) is 0 Å². The van der Waals surface area contributed by atoms with E-state index in [1.807, 2.05) is 4.90 Å². The molecule has 0 N–H and O–H groups in total. The van der Waals surface area contributed by atoms with E-state index in [-0.39, 0.29) is 24.4 Å². The fourth-order valence-electron chi connectivity index (χ4n) is 4.43. The number of halogens is 3. The number of rotatable bonds is 5. The molecule has 180 valence electrons. The Kier molecular flexibility index (Phi) is 6.02. The van der Waals surface area contributed by atoms with E-state index < -0.39 is 12.6 Å². The number of aryl methyl sites for hydroxylation is 1. The van der Waals surface area contributed by atoms with E-state index in [9.17, 15) is 22.8 Å². The van der Waals surface area contributed by atoms with Gasteiger partial charge >= 0.3 is 6.18 Å². The van der Waals surface area contributed by atoms with E-state index in [0.717, 1.165) is 13.1 Å². The number of amides is 2. The molecule has 0 atom stereocenters. The molecule has 0 radical (unpaired) electrons. The molecular weight excluding hydrogens is 469 g/mol. The van der Waals surface area contributed by atoms with E-state index in [1.165, 1.54) is 22.2 Å². The van der Waals surface area contributed by atoms with Crippen LogP contribution in [-0.2, 0) is 6.54 Å². The van der Waals surface area contributed by atoms with Crippen molar-refractivity contribution in [2.45, 2.75) is 25.2 Å². The van der Waals surface area contributed by atoms with Gasteiger partial charge in [-0.1, -0.05) is 0 Å². The number of carbonyl (C=O) groups is 2. The van der Waals surface area contributed by atoms with Gasteiger partial charge < -0.3 is 14.4 Å². The highest BCUT2D eigenvalue weighted by molar-refractivity contribution is 7.07. The Hall–Kier alpha value is -2.99. The van der Waals surface area contributed by atoms with Crippen molar-refractivity contribution in [3.05, 3.63) is 46.7 Å². The first-order valence-corrected chi connectivity index (χ1v) is 12.0. The maximum absolute atomic E-state index is 12.9. The Bertz CT molecular complexity index is 1180. The van der Waals surface area contributed by atoms with Crippen molar-refractivity contribution < 1.29 is 22.8 Å². The standard InChI is InChI=1S/C22H23F3N6O2S/c23-22(24,25)3-4-30-13-26-17-9-15(1-2-19(17)30)20(32)31-10-16(11-31)28-5-7-29(8-6-28)21(33)18-12-34-14-27-18/h1-2,9,12-14,16H,3-8,10-11H2. The molecule has 2 aliphatic rings. The Morgan fingerprint density at radius 1 is 1.03 bits per heavy atom. The van der Waals surface area contributed by atoms with Gasteiger partial charge in [0.15, 0.2) is 0 Å². The quantitative estimate of drug-likeness (QED) is 0.548. The van der Waals surface area contributed by atoms with Crippen molar-refractivity contribution in [1.29, 1.82) is 0 Å². The normalized spacial score (nSPS) is 17.9. The first-order valence-electron chi connectivity index (χ1n) is 11.0. The van der Waals surface area contributed by atoms with Crippen molar-refractivity contribution in [2.75, 3.05) is 39.3 Å². The van der Waals surface area contributed by atoms with Gasteiger partial charge in [-0.25, -0.2) is 9.97 Å². The van der Waals surface area contributed by atoms with Crippen molar-refractivity contribution in [2.24, 2.45) is 0 Å². The highest BCUT2D eigenvalue weighted by Crippen LogP contribution is 2.24. The summed E-state index contributed by atoms with van der Waals surface area (Å²) < 4.78 is 39.0. The third-order valence-electron chi connectivity index (χ3n) is 6.42. The summed E-state index contributed by atoms with van der Waals surface area (Å²) in [5.41, 5.74) is 3.70. The topological polar surface area (TPSA) is 74.6 Å². The summed E-state index contributed by atoms with van der Waals surface area (Å²) in [6.07, 6.45) is -3.78. The Balaban J connectivity index is 1.14. The van der Waals surface area contributed by atoms with Crippen LogP contribution in [0.1, 0.15) is 27.3 Å². The third-order valence-corrected chi connectivity index (χ3v) is 7.01. The fraction of sp³-hybridized carbons (Fsp3) is 0.455. The zero-order valence-corrected chi connectivity index (χ0v) is 19.1. The predicted molar refractivity (Wildman–Crippen MR) is 120 cm³/mol. The zero-order chi connectivity index (χ0) is 23.9. The Labute approximate surface area is 197 Å². The van der Waals surface area contributed by atoms with E-state index in [1.54, 1.807) is 34.0 Å². The second kappa shape index (κ2) is 8.99. The number of thiazole rings is 1. The number of benzene rings is 1. The van der Waals surface area contributed by atoms with Crippen molar-refractivity contribution >= 4 is 34.2 Å². The average molecular weight is 493 g/mol. The zero-order valence-electron chi connectivity index (χ0n) is 18.2. The number of fused-ring (bicyclic) bond motifs is 1. The Morgan fingerprint density at radius 3 is 2.47 bits per heavy atom. The lowest BCUT2D eigenvalue weighted by atomic mass is 10.0. The van der Waals surface area contributed by atoms with Gasteiger partial charge in [0.1, 0.15) is 5.69 Å². The molecule has 2 aromatic heterocycles. The maximum Gasteiger partial charge on any atom is 0.390 e. The second-order valence-electron chi connectivity index (χ2n) is 8.57. The van der Waals surface area contributed by atoms with E-state index >= 15 is 0 Å². The van der Waals surface area contributed by atoms with Crippen LogP contribution in [0.2, 0.25) is 0 Å². The van der Waals surface area contributed by atoms with Crippen LogP contribution in [0.15, 0.2) is 35.4 Å². The molecule has 0 spiro atoms. The monoisotopic (exact) mass is 492 g/mol. The minimum absolute atomic E-state index is 0.0393. The van der Waals surface area contributed by atoms with Gasteiger partial charge in [-0.3, -0.25) is 14.5 Å². The van der Waals surface area contributed by atoms with Crippen molar-refractivity contribution in [3.63, 3.8) is 0 Å². The molecule has 0 saturated carbocycles. The number of piperazine rings is 1. The van der Waals surface area contributed by atoms with Gasteiger partial charge in [-0.2, -0.15) is 13.2 Å². The molecule has 5 rings (SSSR count). The summed E-state index contributed by atoms with van der Waals surface area (Å²) in [5.74, 6) is -0.150. The van der Waals surface area contributed by atoms with Crippen LogP contribution in [0.3, 0.4) is 0 Å². The minimum Gasteiger partial charge on any atom is -0.335 e. The van der Waals surface area contributed by atoms with Gasteiger partial charge in [0.05, 0.1) is 29.3 Å².